The Bertz CT molecular complexity index is 1340. The van der Waals surface area contributed by atoms with Gasteiger partial charge in [-0.05, 0) is 46.7 Å². The number of benzene rings is 4. The third kappa shape index (κ3) is 2.98. The maximum absolute atomic E-state index is 6.17. The number of hydrogen-bond acceptors (Lipinski definition) is 2. The van der Waals surface area contributed by atoms with E-state index in [-0.39, 0.29) is 0 Å². The van der Waals surface area contributed by atoms with E-state index in [9.17, 15) is 0 Å². The van der Waals surface area contributed by atoms with Crippen LogP contribution in [-0.2, 0) is 0 Å². The fraction of sp³-hybridized carbons (Fsp3) is 0. The van der Waals surface area contributed by atoms with Crippen LogP contribution in [0.25, 0.3) is 44.1 Å². The molecule has 0 aliphatic carbocycles. The third-order valence-electron chi connectivity index (χ3n) is 5.06. The van der Waals surface area contributed by atoms with E-state index in [2.05, 4.69) is 72.8 Å². The lowest BCUT2D eigenvalue weighted by Gasteiger charge is -2.09. The van der Waals surface area contributed by atoms with Gasteiger partial charge in [-0.25, -0.2) is 4.98 Å². The molecule has 0 atom stereocenters. The molecule has 0 aliphatic rings. The number of anilines is 1. The number of rotatable bonds is 2. The number of halogens is 1. The lowest BCUT2D eigenvalue weighted by Crippen LogP contribution is -1.91. The molecule has 0 unspecified atom stereocenters. The average molecular weight is 381 g/mol. The Morgan fingerprint density at radius 3 is 2.25 bits per heavy atom. The van der Waals surface area contributed by atoms with Crippen LogP contribution in [0, 0.1) is 0 Å². The summed E-state index contributed by atoms with van der Waals surface area (Å²) in [6.45, 7) is 0. The summed E-state index contributed by atoms with van der Waals surface area (Å²) in [7, 11) is 0. The maximum atomic E-state index is 6.17. The standard InChI is InChI=1S/C25H17ClN2/c26-21-10-11-22(23(27)15-21)19-7-6-17-9-12-24(28-25(17)14-19)20-8-5-16-3-1-2-4-18(16)13-20/h1-15H,27H2. The Hall–Kier alpha value is -3.36. The molecule has 2 nitrogen and oxygen atoms in total. The highest BCUT2D eigenvalue weighted by atomic mass is 35.5. The zero-order chi connectivity index (χ0) is 19.1. The number of nitrogens with zero attached hydrogens (tertiary/aromatic N) is 1. The molecule has 0 bridgehead atoms. The third-order valence-corrected chi connectivity index (χ3v) is 5.30. The normalized spacial score (nSPS) is 11.2. The van der Waals surface area contributed by atoms with E-state index in [1.54, 1.807) is 6.07 Å². The second-order valence-electron chi connectivity index (χ2n) is 6.90. The number of nitrogen functional groups attached to an aromatic ring is 1. The fourth-order valence-electron chi connectivity index (χ4n) is 3.59. The Balaban J connectivity index is 1.63. The Morgan fingerprint density at radius 2 is 1.39 bits per heavy atom. The van der Waals surface area contributed by atoms with Crippen LogP contribution >= 0.6 is 11.6 Å². The van der Waals surface area contributed by atoms with Gasteiger partial charge in [0.05, 0.1) is 11.2 Å². The van der Waals surface area contributed by atoms with Gasteiger partial charge in [-0.1, -0.05) is 72.3 Å². The smallest absolute Gasteiger partial charge is 0.0715 e. The van der Waals surface area contributed by atoms with Crippen molar-refractivity contribution in [1.82, 2.24) is 4.98 Å². The summed E-state index contributed by atoms with van der Waals surface area (Å²) in [5.41, 5.74) is 11.8. The first-order chi connectivity index (χ1) is 13.7. The van der Waals surface area contributed by atoms with Gasteiger partial charge in [-0.3, -0.25) is 0 Å². The van der Waals surface area contributed by atoms with Crippen molar-refractivity contribution in [3.05, 3.63) is 96.0 Å². The quantitative estimate of drug-likeness (QED) is 0.336. The van der Waals surface area contributed by atoms with E-state index in [0.29, 0.717) is 10.7 Å². The molecule has 28 heavy (non-hydrogen) atoms. The molecule has 1 heterocycles. The zero-order valence-electron chi connectivity index (χ0n) is 15.1. The van der Waals surface area contributed by atoms with Gasteiger partial charge in [0, 0.05) is 27.2 Å². The number of hydrogen-bond donors (Lipinski definition) is 1. The zero-order valence-corrected chi connectivity index (χ0v) is 15.8. The van der Waals surface area contributed by atoms with Gasteiger partial charge in [0.15, 0.2) is 0 Å². The molecule has 1 aromatic heterocycles. The first kappa shape index (κ1) is 16.8. The van der Waals surface area contributed by atoms with Gasteiger partial charge in [-0.15, -0.1) is 0 Å². The highest BCUT2D eigenvalue weighted by Gasteiger charge is 2.07. The second kappa shape index (κ2) is 6.66. The highest BCUT2D eigenvalue weighted by molar-refractivity contribution is 6.31. The summed E-state index contributed by atoms with van der Waals surface area (Å²) >= 11 is 6.04. The number of nitrogens with two attached hydrogens (primary N) is 1. The maximum Gasteiger partial charge on any atom is 0.0715 e. The van der Waals surface area contributed by atoms with Gasteiger partial charge in [0.1, 0.15) is 0 Å². The summed E-state index contributed by atoms with van der Waals surface area (Å²) in [5, 5.41) is 4.18. The van der Waals surface area contributed by atoms with E-state index >= 15 is 0 Å². The van der Waals surface area contributed by atoms with Crippen molar-refractivity contribution in [3.63, 3.8) is 0 Å². The molecule has 3 heteroatoms. The van der Waals surface area contributed by atoms with E-state index in [4.69, 9.17) is 22.3 Å². The minimum absolute atomic E-state index is 0.638. The van der Waals surface area contributed by atoms with Crippen LogP contribution in [0.1, 0.15) is 0 Å². The molecular weight excluding hydrogens is 364 g/mol. The monoisotopic (exact) mass is 380 g/mol. The minimum atomic E-state index is 0.638. The topological polar surface area (TPSA) is 38.9 Å². The molecule has 2 N–H and O–H groups in total. The first-order valence-electron chi connectivity index (χ1n) is 9.13. The Kier molecular flexibility index (Phi) is 4.00. The SMILES string of the molecule is Nc1cc(Cl)ccc1-c1ccc2ccc(-c3ccc4ccccc4c3)nc2c1. The summed E-state index contributed by atoms with van der Waals surface area (Å²) in [6, 6.07) is 30.8. The Morgan fingerprint density at radius 1 is 0.643 bits per heavy atom. The highest BCUT2D eigenvalue weighted by Crippen LogP contribution is 2.31. The molecule has 5 rings (SSSR count). The predicted molar refractivity (Wildman–Crippen MR) is 120 cm³/mol. The lowest BCUT2D eigenvalue weighted by atomic mass is 10.0. The van der Waals surface area contributed by atoms with Crippen LogP contribution in [-0.4, -0.2) is 4.98 Å². The number of aromatic nitrogens is 1. The van der Waals surface area contributed by atoms with E-state index in [0.717, 1.165) is 33.3 Å². The van der Waals surface area contributed by atoms with Crippen molar-refractivity contribution < 1.29 is 0 Å². The lowest BCUT2D eigenvalue weighted by molar-refractivity contribution is 1.40. The molecular formula is C25H17ClN2. The molecule has 5 aromatic rings. The van der Waals surface area contributed by atoms with E-state index in [1.165, 1.54) is 10.8 Å². The van der Waals surface area contributed by atoms with Crippen molar-refractivity contribution in [2.24, 2.45) is 0 Å². The van der Waals surface area contributed by atoms with Gasteiger partial charge in [0.25, 0.3) is 0 Å². The molecule has 0 aliphatic heterocycles. The summed E-state index contributed by atoms with van der Waals surface area (Å²) in [4.78, 5) is 4.92. The molecule has 134 valence electrons. The molecule has 0 amide bonds. The van der Waals surface area contributed by atoms with Crippen molar-refractivity contribution in [2.75, 3.05) is 5.73 Å². The molecule has 0 spiro atoms. The fourth-order valence-corrected chi connectivity index (χ4v) is 3.77. The number of pyridine rings is 1. The van der Waals surface area contributed by atoms with Crippen LogP contribution in [0.15, 0.2) is 91.0 Å². The number of fused-ring (bicyclic) bond motifs is 2. The largest absolute Gasteiger partial charge is 0.398 e. The van der Waals surface area contributed by atoms with Crippen LogP contribution < -0.4 is 5.73 Å². The summed E-state index contributed by atoms with van der Waals surface area (Å²) < 4.78 is 0. The first-order valence-corrected chi connectivity index (χ1v) is 9.50. The van der Waals surface area contributed by atoms with Crippen LogP contribution in [0.3, 0.4) is 0 Å². The molecule has 0 fully saturated rings. The second-order valence-corrected chi connectivity index (χ2v) is 7.33. The van der Waals surface area contributed by atoms with Crippen molar-refractivity contribution >= 4 is 39.0 Å². The van der Waals surface area contributed by atoms with Crippen molar-refractivity contribution in [3.8, 4) is 22.4 Å². The molecule has 4 aromatic carbocycles. The molecule has 0 saturated carbocycles. The Labute approximate surface area is 168 Å². The van der Waals surface area contributed by atoms with E-state index in [1.807, 2.05) is 12.1 Å². The van der Waals surface area contributed by atoms with Crippen molar-refractivity contribution in [1.29, 1.82) is 0 Å². The summed E-state index contributed by atoms with van der Waals surface area (Å²) in [5.74, 6) is 0. The van der Waals surface area contributed by atoms with Gasteiger partial charge >= 0.3 is 0 Å². The van der Waals surface area contributed by atoms with Gasteiger partial charge in [-0.2, -0.15) is 0 Å². The summed E-state index contributed by atoms with van der Waals surface area (Å²) in [6.07, 6.45) is 0. The minimum Gasteiger partial charge on any atom is -0.398 e. The van der Waals surface area contributed by atoms with Crippen molar-refractivity contribution in [2.45, 2.75) is 0 Å². The average Bonchev–Trinajstić information content (AvgIpc) is 2.72. The van der Waals surface area contributed by atoms with Crippen LogP contribution in [0.5, 0.6) is 0 Å². The molecule has 0 radical (unpaired) electrons. The van der Waals surface area contributed by atoms with Crippen LogP contribution in [0.2, 0.25) is 5.02 Å². The molecule has 0 saturated heterocycles. The van der Waals surface area contributed by atoms with Gasteiger partial charge < -0.3 is 5.73 Å². The van der Waals surface area contributed by atoms with Crippen LogP contribution in [0.4, 0.5) is 5.69 Å². The van der Waals surface area contributed by atoms with E-state index < -0.39 is 0 Å². The van der Waals surface area contributed by atoms with Gasteiger partial charge in [0.2, 0.25) is 0 Å². The predicted octanol–water partition coefficient (Wildman–Crippen LogP) is 6.96.